The SMILES string of the molecule is Cc1ccc(NS(=O)(=O)c2ccc(OCC(=O)N3CCOCC3)cc2)cc1Cl. The highest BCUT2D eigenvalue weighted by molar-refractivity contribution is 7.92. The van der Waals surface area contributed by atoms with Crippen molar-refractivity contribution in [2.75, 3.05) is 37.6 Å². The number of morpholine rings is 1. The third-order valence-electron chi connectivity index (χ3n) is 4.28. The second-order valence-corrected chi connectivity index (χ2v) is 8.41. The van der Waals surface area contributed by atoms with E-state index in [1.165, 1.54) is 24.3 Å². The summed E-state index contributed by atoms with van der Waals surface area (Å²) in [7, 11) is -3.76. The summed E-state index contributed by atoms with van der Waals surface area (Å²) in [6, 6.07) is 10.8. The minimum absolute atomic E-state index is 0.0797. The molecule has 9 heteroatoms. The molecule has 0 atom stereocenters. The quantitative estimate of drug-likeness (QED) is 0.770. The molecule has 1 amide bonds. The van der Waals surface area contributed by atoms with E-state index in [2.05, 4.69) is 4.72 Å². The van der Waals surface area contributed by atoms with E-state index in [-0.39, 0.29) is 17.4 Å². The molecule has 1 aliphatic rings. The Labute approximate surface area is 169 Å². The molecular formula is C19H21ClN2O5S. The van der Waals surface area contributed by atoms with Crippen molar-refractivity contribution in [2.24, 2.45) is 0 Å². The van der Waals surface area contributed by atoms with E-state index in [1.54, 1.807) is 23.1 Å². The van der Waals surface area contributed by atoms with Gasteiger partial charge in [-0.1, -0.05) is 17.7 Å². The van der Waals surface area contributed by atoms with Crippen LogP contribution in [0.15, 0.2) is 47.4 Å². The van der Waals surface area contributed by atoms with Crippen molar-refractivity contribution in [3.05, 3.63) is 53.1 Å². The molecule has 28 heavy (non-hydrogen) atoms. The Morgan fingerprint density at radius 2 is 1.86 bits per heavy atom. The lowest BCUT2D eigenvalue weighted by Gasteiger charge is -2.26. The number of halogens is 1. The number of nitrogens with one attached hydrogen (secondary N) is 1. The molecule has 0 radical (unpaired) electrons. The van der Waals surface area contributed by atoms with Gasteiger partial charge in [-0.05, 0) is 48.9 Å². The first-order chi connectivity index (χ1) is 13.3. The van der Waals surface area contributed by atoms with Gasteiger partial charge in [-0.2, -0.15) is 0 Å². The van der Waals surface area contributed by atoms with Crippen LogP contribution in [0.25, 0.3) is 0 Å². The van der Waals surface area contributed by atoms with E-state index >= 15 is 0 Å². The van der Waals surface area contributed by atoms with Gasteiger partial charge in [-0.15, -0.1) is 0 Å². The van der Waals surface area contributed by atoms with Crippen LogP contribution in [0, 0.1) is 6.92 Å². The Kier molecular flexibility index (Phi) is 6.43. The molecule has 0 unspecified atom stereocenters. The molecule has 0 aromatic heterocycles. The number of ether oxygens (including phenoxy) is 2. The van der Waals surface area contributed by atoms with Crippen LogP contribution in [0.2, 0.25) is 5.02 Å². The number of anilines is 1. The number of carbonyl (C=O) groups excluding carboxylic acids is 1. The van der Waals surface area contributed by atoms with Gasteiger partial charge in [0, 0.05) is 18.1 Å². The van der Waals surface area contributed by atoms with Crippen molar-refractivity contribution in [3.63, 3.8) is 0 Å². The highest BCUT2D eigenvalue weighted by Gasteiger charge is 2.18. The van der Waals surface area contributed by atoms with Crippen molar-refractivity contribution >= 4 is 33.2 Å². The lowest BCUT2D eigenvalue weighted by Crippen LogP contribution is -2.42. The van der Waals surface area contributed by atoms with Crippen molar-refractivity contribution in [2.45, 2.75) is 11.8 Å². The molecule has 0 bridgehead atoms. The Morgan fingerprint density at radius 1 is 1.18 bits per heavy atom. The molecule has 150 valence electrons. The van der Waals surface area contributed by atoms with Gasteiger partial charge in [0.15, 0.2) is 6.61 Å². The second-order valence-electron chi connectivity index (χ2n) is 6.32. The van der Waals surface area contributed by atoms with Gasteiger partial charge in [-0.3, -0.25) is 9.52 Å². The number of rotatable bonds is 6. The Balaban J connectivity index is 1.60. The third-order valence-corrected chi connectivity index (χ3v) is 6.09. The zero-order valence-electron chi connectivity index (χ0n) is 15.4. The first-order valence-corrected chi connectivity index (χ1v) is 10.6. The first-order valence-electron chi connectivity index (χ1n) is 8.72. The van der Waals surface area contributed by atoms with Gasteiger partial charge in [0.2, 0.25) is 0 Å². The maximum Gasteiger partial charge on any atom is 0.261 e. The number of hydrogen-bond acceptors (Lipinski definition) is 5. The van der Waals surface area contributed by atoms with E-state index in [4.69, 9.17) is 21.1 Å². The number of nitrogens with zero attached hydrogens (tertiary/aromatic N) is 1. The minimum atomic E-state index is -3.76. The summed E-state index contributed by atoms with van der Waals surface area (Å²) in [6.45, 7) is 3.88. The van der Waals surface area contributed by atoms with Crippen LogP contribution in [0.3, 0.4) is 0 Å². The van der Waals surface area contributed by atoms with Gasteiger partial charge in [0.05, 0.1) is 23.8 Å². The van der Waals surface area contributed by atoms with Gasteiger partial charge in [0.25, 0.3) is 15.9 Å². The Hall–Kier alpha value is -2.29. The predicted octanol–water partition coefficient (Wildman–Crippen LogP) is 2.69. The lowest BCUT2D eigenvalue weighted by atomic mass is 10.2. The van der Waals surface area contributed by atoms with Crippen LogP contribution < -0.4 is 9.46 Å². The molecule has 1 N–H and O–H groups in total. The standard InChI is InChI=1S/C19H21ClN2O5S/c1-14-2-3-15(12-18(14)20)21-28(24,25)17-6-4-16(5-7-17)27-13-19(23)22-8-10-26-11-9-22/h2-7,12,21H,8-11,13H2,1H3. The molecule has 7 nitrogen and oxygen atoms in total. The van der Waals surface area contributed by atoms with Crippen molar-refractivity contribution < 1.29 is 22.7 Å². The number of amides is 1. The lowest BCUT2D eigenvalue weighted by molar-refractivity contribution is -0.137. The van der Waals surface area contributed by atoms with E-state index in [0.29, 0.717) is 42.8 Å². The topological polar surface area (TPSA) is 84.9 Å². The summed E-state index contributed by atoms with van der Waals surface area (Å²) in [5, 5.41) is 0.480. The largest absolute Gasteiger partial charge is 0.484 e. The van der Waals surface area contributed by atoms with Gasteiger partial charge in [-0.25, -0.2) is 8.42 Å². The molecule has 0 spiro atoms. The van der Waals surface area contributed by atoms with Crippen LogP contribution >= 0.6 is 11.6 Å². The van der Waals surface area contributed by atoms with Crippen LogP contribution in [0.1, 0.15) is 5.56 Å². The second kappa shape index (κ2) is 8.81. The smallest absolute Gasteiger partial charge is 0.261 e. The highest BCUT2D eigenvalue weighted by Crippen LogP contribution is 2.23. The summed E-state index contributed by atoms with van der Waals surface area (Å²) in [5.74, 6) is 0.289. The van der Waals surface area contributed by atoms with E-state index < -0.39 is 10.0 Å². The first kappa shape index (κ1) is 20.4. The molecule has 1 fully saturated rings. The summed E-state index contributed by atoms with van der Waals surface area (Å²) in [5.41, 5.74) is 1.24. The Bertz CT molecular complexity index is 941. The molecular weight excluding hydrogens is 404 g/mol. The molecule has 0 saturated carbocycles. The molecule has 0 aliphatic carbocycles. The van der Waals surface area contributed by atoms with E-state index in [1.807, 2.05) is 6.92 Å². The van der Waals surface area contributed by atoms with Gasteiger partial charge in [0.1, 0.15) is 5.75 Å². The number of aryl methyl sites for hydroxylation is 1. The summed E-state index contributed by atoms with van der Waals surface area (Å²) < 4.78 is 38.2. The maximum absolute atomic E-state index is 12.5. The average Bonchev–Trinajstić information content (AvgIpc) is 2.70. The molecule has 2 aromatic carbocycles. The fraction of sp³-hybridized carbons (Fsp3) is 0.316. The zero-order valence-corrected chi connectivity index (χ0v) is 16.9. The summed E-state index contributed by atoms with van der Waals surface area (Å²) >= 11 is 6.04. The van der Waals surface area contributed by atoms with Crippen molar-refractivity contribution in [1.82, 2.24) is 4.90 Å². The number of sulfonamides is 1. The average molecular weight is 425 g/mol. The fourth-order valence-corrected chi connectivity index (χ4v) is 3.86. The number of hydrogen-bond donors (Lipinski definition) is 1. The van der Waals surface area contributed by atoms with Gasteiger partial charge >= 0.3 is 0 Å². The molecule has 1 heterocycles. The maximum atomic E-state index is 12.5. The van der Waals surface area contributed by atoms with Crippen molar-refractivity contribution in [3.8, 4) is 5.75 Å². The Morgan fingerprint density at radius 3 is 2.50 bits per heavy atom. The molecule has 1 saturated heterocycles. The number of carbonyl (C=O) groups is 1. The van der Waals surface area contributed by atoms with Crippen molar-refractivity contribution in [1.29, 1.82) is 0 Å². The molecule has 2 aromatic rings. The monoisotopic (exact) mass is 424 g/mol. The minimum Gasteiger partial charge on any atom is -0.484 e. The van der Waals surface area contributed by atoms with E-state index in [0.717, 1.165) is 5.56 Å². The highest BCUT2D eigenvalue weighted by atomic mass is 35.5. The van der Waals surface area contributed by atoms with Crippen LogP contribution in [0.4, 0.5) is 5.69 Å². The zero-order chi connectivity index (χ0) is 20.1. The van der Waals surface area contributed by atoms with Crippen LogP contribution in [-0.4, -0.2) is 52.1 Å². The van der Waals surface area contributed by atoms with E-state index in [9.17, 15) is 13.2 Å². The predicted molar refractivity (Wildman–Crippen MR) is 106 cm³/mol. The summed E-state index contributed by atoms with van der Waals surface area (Å²) in [6.07, 6.45) is 0. The van der Waals surface area contributed by atoms with Crippen LogP contribution in [-0.2, 0) is 19.6 Å². The summed E-state index contributed by atoms with van der Waals surface area (Å²) in [4.78, 5) is 13.8. The van der Waals surface area contributed by atoms with Gasteiger partial charge < -0.3 is 14.4 Å². The normalized spacial score (nSPS) is 14.6. The molecule has 3 rings (SSSR count). The number of benzene rings is 2. The fourth-order valence-electron chi connectivity index (χ4n) is 2.63. The van der Waals surface area contributed by atoms with Crippen LogP contribution in [0.5, 0.6) is 5.75 Å². The molecule has 1 aliphatic heterocycles. The third kappa shape index (κ3) is 5.15.